The largest absolute Gasteiger partial charge is 0.370 e. The van der Waals surface area contributed by atoms with Crippen molar-refractivity contribution in [3.05, 3.63) is 85.5 Å². The molecule has 0 spiro atoms. The second-order valence-corrected chi connectivity index (χ2v) is 10.3. The Morgan fingerprint density at radius 2 is 1.91 bits per heavy atom. The van der Waals surface area contributed by atoms with E-state index in [9.17, 15) is 4.79 Å². The van der Waals surface area contributed by atoms with Crippen molar-refractivity contribution in [2.24, 2.45) is 5.10 Å². The lowest BCUT2D eigenvalue weighted by atomic mass is 9.94. The maximum atomic E-state index is 13.8. The van der Waals surface area contributed by atoms with Crippen LogP contribution in [0.25, 0.3) is 15.9 Å². The van der Waals surface area contributed by atoms with E-state index in [1.807, 2.05) is 57.2 Å². The fourth-order valence-corrected chi connectivity index (χ4v) is 5.13. The Morgan fingerprint density at radius 3 is 2.64 bits per heavy atom. The molecule has 2 aromatic heterocycles. The van der Waals surface area contributed by atoms with Gasteiger partial charge in [-0.15, -0.1) is 11.3 Å². The molecule has 6 nitrogen and oxygen atoms in total. The van der Waals surface area contributed by atoms with E-state index in [2.05, 4.69) is 10.5 Å². The van der Waals surface area contributed by atoms with Crippen LogP contribution < -0.4 is 11.0 Å². The molecule has 0 atom stereocenters. The zero-order valence-corrected chi connectivity index (χ0v) is 20.1. The van der Waals surface area contributed by atoms with Gasteiger partial charge in [-0.2, -0.15) is 5.10 Å². The molecule has 4 aromatic rings. The lowest BCUT2D eigenvalue weighted by Crippen LogP contribution is -2.32. The van der Waals surface area contributed by atoms with Crippen molar-refractivity contribution in [1.82, 2.24) is 9.55 Å². The van der Waals surface area contributed by atoms with Crippen molar-refractivity contribution in [3.8, 4) is 5.69 Å². The minimum absolute atomic E-state index is 0.108. The Labute approximate surface area is 200 Å². The summed E-state index contributed by atoms with van der Waals surface area (Å²) in [7, 11) is 0. The predicted molar refractivity (Wildman–Crippen MR) is 135 cm³/mol. The molecule has 0 unspecified atom stereocenters. The summed E-state index contributed by atoms with van der Waals surface area (Å²) in [6, 6.07) is 15.1. The molecule has 0 saturated heterocycles. The highest BCUT2D eigenvalue weighted by atomic mass is 35.5. The number of aryl methyl sites for hydroxylation is 1. The number of ether oxygens (including phenoxy) is 1. The first-order valence-corrected chi connectivity index (χ1v) is 11.8. The minimum Gasteiger partial charge on any atom is -0.370 e. The van der Waals surface area contributed by atoms with E-state index in [1.54, 1.807) is 22.9 Å². The van der Waals surface area contributed by atoms with E-state index in [1.165, 1.54) is 11.3 Å². The standard InChI is InChI=1S/C25H23ClN4O2S/c1-15-4-10-18(11-5-15)30-23(31)21-19-12-25(2,3)32-14-20(19)33-22(21)28-24(30)29-27-13-16-6-8-17(26)9-7-16/h4-11,13H,12,14H2,1-3H3,(H,28,29)/b27-13+. The van der Waals surface area contributed by atoms with Gasteiger partial charge < -0.3 is 4.74 Å². The third-order valence-electron chi connectivity index (χ3n) is 5.65. The Hall–Kier alpha value is -3.00. The summed E-state index contributed by atoms with van der Waals surface area (Å²) < 4.78 is 7.56. The number of hydrogen-bond acceptors (Lipinski definition) is 6. The van der Waals surface area contributed by atoms with E-state index in [4.69, 9.17) is 21.3 Å². The number of aromatic nitrogens is 2. The summed E-state index contributed by atoms with van der Waals surface area (Å²) in [5, 5.41) is 5.67. The number of benzene rings is 2. The van der Waals surface area contributed by atoms with Gasteiger partial charge in [0.1, 0.15) is 4.83 Å². The highest BCUT2D eigenvalue weighted by molar-refractivity contribution is 7.18. The van der Waals surface area contributed by atoms with Gasteiger partial charge in [0.15, 0.2) is 0 Å². The summed E-state index contributed by atoms with van der Waals surface area (Å²) >= 11 is 7.47. The Balaban J connectivity index is 1.64. The van der Waals surface area contributed by atoms with Gasteiger partial charge in [0.05, 0.1) is 29.5 Å². The highest BCUT2D eigenvalue weighted by Gasteiger charge is 2.31. The molecule has 5 rings (SSSR count). The van der Waals surface area contributed by atoms with Gasteiger partial charge >= 0.3 is 0 Å². The molecule has 1 aliphatic heterocycles. The van der Waals surface area contributed by atoms with E-state index in [-0.39, 0.29) is 11.2 Å². The molecule has 0 fully saturated rings. The fourth-order valence-electron chi connectivity index (χ4n) is 3.91. The van der Waals surface area contributed by atoms with Crippen LogP contribution in [-0.2, 0) is 17.8 Å². The van der Waals surface area contributed by atoms with E-state index in [0.717, 1.165) is 27.3 Å². The SMILES string of the molecule is Cc1ccc(-n2c(N/N=C/c3ccc(Cl)cc3)nc3sc4c(c3c2=O)CC(C)(C)OC4)cc1. The molecule has 0 radical (unpaired) electrons. The van der Waals surface area contributed by atoms with Gasteiger partial charge in [-0.05, 0) is 56.2 Å². The molecule has 168 valence electrons. The lowest BCUT2D eigenvalue weighted by molar-refractivity contribution is -0.0379. The third-order valence-corrected chi connectivity index (χ3v) is 7.00. The third kappa shape index (κ3) is 4.31. The molecule has 1 N–H and O–H groups in total. The first-order chi connectivity index (χ1) is 15.8. The number of rotatable bonds is 4. The van der Waals surface area contributed by atoms with Crippen molar-refractivity contribution in [1.29, 1.82) is 0 Å². The quantitative estimate of drug-likeness (QED) is 0.301. The molecule has 2 aromatic carbocycles. The average molecular weight is 479 g/mol. The second-order valence-electron chi connectivity index (χ2n) is 8.74. The number of hydrazone groups is 1. The molecule has 3 heterocycles. The number of hydrogen-bond donors (Lipinski definition) is 1. The van der Waals surface area contributed by atoms with Crippen LogP contribution >= 0.6 is 22.9 Å². The van der Waals surface area contributed by atoms with E-state index < -0.39 is 0 Å². The molecule has 33 heavy (non-hydrogen) atoms. The Kier molecular flexibility index (Phi) is 5.56. The highest BCUT2D eigenvalue weighted by Crippen LogP contribution is 2.37. The van der Waals surface area contributed by atoms with E-state index >= 15 is 0 Å². The molecule has 8 heteroatoms. The maximum absolute atomic E-state index is 13.8. The van der Waals surface area contributed by atoms with Gasteiger partial charge in [-0.1, -0.05) is 41.4 Å². The van der Waals surface area contributed by atoms with Crippen LogP contribution in [0.3, 0.4) is 0 Å². The maximum Gasteiger partial charge on any atom is 0.268 e. The first kappa shape index (κ1) is 21.8. The van der Waals surface area contributed by atoms with Crippen LogP contribution in [0.1, 0.15) is 35.4 Å². The minimum atomic E-state index is -0.318. The van der Waals surface area contributed by atoms with Crippen molar-refractivity contribution in [2.75, 3.05) is 5.43 Å². The van der Waals surface area contributed by atoms with Crippen molar-refractivity contribution >= 4 is 45.3 Å². The molecular formula is C25H23ClN4O2S. The zero-order chi connectivity index (χ0) is 23.2. The average Bonchev–Trinajstić information content (AvgIpc) is 3.13. The number of thiophene rings is 1. The molecule has 0 bridgehead atoms. The van der Waals surface area contributed by atoms with Gasteiger partial charge in [-0.3, -0.25) is 4.79 Å². The topological polar surface area (TPSA) is 68.5 Å². The summed E-state index contributed by atoms with van der Waals surface area (Å²) in [5.41, 5.74) is 6.32. The molecule has 0 amide bonds. The smallest absolute Gasteiger partial charge is 0.268 e. The number of anilines is 1. The second kappa shape index (κ2) is 8.41. The molecule has 0 aliphatic carbocycles. The summed E-state index contributed by atoms with van der Waals surface area (Å²) in [5.74, 6) is 0.361. The first-order valence-electron chi connectivity index (χ1n) is 10.6. The monoisotopic (exact) mass is 478 g/mol. The fraction of sp³-hybridized carbons (Fsp3) is 0.240. The number of nitrogens with one attached hydrogen (secondary N) is 1. The molecule has 0 saturated carbocycles. The van der Waals surface area contributed by atoms with Crippen LogP contribution in [0.2, 0.25) is 5.02 Å². The van der Waals surface area contributed by atoms with Crippen LogP contribution in [0.5, 0.6) is 0 Å². The number of fused-ring (bicyclic) bond motifs is 3. The zero-order valence-electron chi connectivity index (χ0n) is 18.6. The van der Waals surface area contributed by atoms with E-state index in [0.29, 0.717) is 34.2 Å². The Morgan fingerprint density at radius 1 is 1.18 bits per heavy atom. The number of halogens is 1. The van der Waals surface area contributed by atoms with Crippen LogP contribution in [0, 0.1) is 6.92 Å². The summed E-state index contributed by atoms with van der Waals surface area (Å²) in [4.78, 5) is 20.4. The summed E-state index contributed by atoms with van der Waals surface area (Å²) in [6.45, 7) is 6.60. The van der Waals surface area contributed by atoms with Gasteiger partial charge in [0, 0.05) is 16.3 Å². The Bertz CT molecular complexity index is 1420. The molecule has 1 aliphatic rings. The van der Waals surface area contributed by atoms with Crippen molar-refractivity contribution in [2.45, 2.75) is 39.4 Å². The summed E-state index contributed by atoms with van der Waals surface area (Å²) in [6.07, 6.45) is 2.34. The lowest BCUT2D eigenvalue weighted by Gasteiger charge is -2.29. The van der Waals surface area contributed by atoms with Gasteiger partial charge in [0.25, 0.3) is 5.56 Å². The van der Waals surface area contributed by atoms with Gasteiger partial charge in [0.2, 0.25) is 5.95 Å². The number of nitrogens with zero attached hydrogens (tertiary/aromatic N) is 3. The van der Waals surface area contributed by atoms with Crippen molar-refractivity contribution in [3.63, 3.8) is 0 Å². The van der Waals surface area contributed by atoms with Gasteiger partial charge in [-0.25, -0.2) is 15.0 Å². The normalized spacial score (nSPS) is 15.2. The van der Waals surface area contributed by atoms with Crippen LogP contribution in [-0.4, -0.2) is 21.4 Å². The van der Waals surface area contributed by atoms with Crippen LogP contribution in [0.4, 0.5) is 5.95 Å². The van der Waals surface area contributed by atoms with Crippen molar-refractivity contribution < 1.29 is 4.74 Å². The molecular weight excluding hydrogens is 456 g/mol. The predicted octanol–water partition coefficient (Wildman–Crippen LogP) is 5.71. The van der Waals surface area contributed by atoms with Crippen LogP contribution in [0.15, 0.2) is 58.4 Å².